The molecule has 2 rings (SSSR count). The van der Waals surface area contributed by atoms with Crippen molar-refractivity contribution in [2.75, 3.05) is 0 Å². The predicted octanol–water partition coefficient (Wildman–Crippen LogP) is 3.37. The van der Waals surface area contributed by atoms with Crippen molar-refractivity contribution in [1.29, 1.82) is 0 Å². The lowest BCUT2D eigenvalue weighted by Gasteiger charge is -2.07. The molecule has 0 aliphatic carbocycles. The van der Waals surface area contributed by atoms with Crippen molar-refractivity contribution < 1.29 is 17.6 Å². The van der Waals surface area contributed by atoms with Crippen LogP contribution in [0, 0.1) is 23.3 Å². The normalized spacial score (nSPS) is 10.7. The molecular weight excluding hydrogens is 246 g/mol. The molecule has 0 atom stereocenters. The van der Waals surface area contributed by atoms with E-state index in [0.717, 1.165) is 18.2 Å². The first kappa shape index (κ1) is 12.6. The van der Waals surface area contributed by atoms with Gasteiger partial charge in [-0.15, -0.1) is 0 Å². The predicted molar refractivity (Wildman–Crippen MR) is 59.6 cm³/mol. The maximum Gasteiger partial charge on any atom is 0.195 e. The molecule has 0 fully saturated rings. The fourth-order valence-electron chi connectivity index (χ4n) is 1.63. The smallest absolute Gasteiger partial charge is 0.195 e. The Bertz CT molecular complexity index is 596. The van der Waals surface area contributed by atoms with E-state index in [1.165, 1.54) is 12.1 Å². The van der Waals surface area contributed by atoms with Gasteiger partial charge >= 0.3 is 0 Å². The zero-order valence-corrected chi connectivity index (χ0v) is 9.18. The molecule has 0 amide bonds. The van der Waals surface area contributed by atoms with Crippen LogP contribution in [-0.4, -0.2) is 0 Å². The van der Waals surface area contributed by atoms with Crippen molar-refractivity contribution in [3.05, 3.63) is 59.2 Å². The molecule has 0 saturated heterocycles. The Morgan fingerprint density at radius 1 is 0.833 bits per heavy atom. The van der Waals surface area contributed by atoms with Gasteiger partial charge in [0.15, 0.2) is 17.5 Å². The van der Waals surface area contributed by atoms with Crippen molar-refractivity contribution in [2.45, 2.75) is 6.54 Å². The zero-order valence-electron chi connectivity index (χ0n) is 9.18. The number of hydrogen-bond donors (Lipinski definition) is 1. The van der Waals surface area contributed by atoms with Crippen LogP contribution in [0.2, 0.25) is 0 Å². The average molecular weight is 255 g/mol. The lowest BCUT2D eigenvalue weighted by molar-refractivity contribution is 0.449. The van der Waals surface area contributed by atoms with Gasteiger partial charge in [-0.25, -0.2) is 17.6 Å². The van der Waals surface area contributed by atoms with Gasteiger partial charge in [0.05, 0.1) is 0 Å². The van der Waals surface area contributed by atoms with E-state index in [0.29, 0.717) is 0 Å². The Kier molecular flexibility index (Phi) is 3.34. The van der Waals surface area contributed by atoms with Crippen LogP contribution in [0.25, 0.3) is 11.1 Å². The second kappa shape index (κ2) is 4.78. The second-order valence-corrected chi connectivity index (χ2v) is 3.73. The lowest BCUT2D eigenvalue weighted by Crippen LogP contribution is -2.00. The highest BCUT2D eigenvalue weighted by molar-refractivity contribution is 5.64. The van der Waals surface area contributed by atoms with E-state index in [2.05, 4.69) is 0 Å². The summed E-state index contributed by atoms with van der Waals surface area (Å²) in [6.45, 7) is 0.00632. The molecule has 0 aliphatic rings. The molecule has 2 aromatic carbocycles. The largest absolute Gasteiger partial charge is 0.326 e. The highest BCUT2D eigenvalue weighted by Gasteiger charge is 2.15. The average Bonchev–Trinajstić information content (AvgIpc) is 2.36. The van der Waals surface area contributed by atoms with E-state index in [4.69, 9.17) is 5.73 Å². The van der Waals surface area contributed by atoms with Gasteiger partial charge in [-0.3, -0.25) is 0 Å². The monoisotopic (exact) mass is 255 g/mol. The van der Waals surface area contributed by atoms with Gasteiger partial charge < -0.3 is 5.73 Å². The standard InChI is InChI=1S/C13H9F4N/c14-10-4-3-9(12(16)13(10)17)7-1-2-8(6-18)11(15)5-7/h1-5H,6,18H2. The minimum atomic E-state index is -1.57. The van der Waals surface area contributed by atoms with Crippen LogP contribution >= 0.6 is 0 Å². The third kappa shape index (κ3) is 2.09. The van der Waals surface area contributed by atoms with Crippen LogP contribution < -0.4 is 5.73 Å². The molecule has 5 heteroatoms. The SMILES string of the molecule is NCc1ccc(-c2ccc(F)c(F)c2F)cc1F. The van der Waals surface area contributed by atoms with Gasteiger partial charge in [0.1, 0.15) is 5.82 Å². The van der Waals surface area contributed by atoms with Crippen molar-refractivity contribution >= 4 is 0 Å². The van der Waals surface area contributed by atoms with Crippen LogP contribution in [0.15, 0.2) is 30.3 Å². The molecule has 0 saturated carbocycles. The molecule has 0 bridgehead atoms. The van der Waals surface area contributed by atoms with Gasteiger partial charge in [-0.1, -0.05) is 12.1 Å². The van der Waals surface area contributed by atoms with Gasteiger partial charge in [0.2, 0.25) is 0 Å². The fraction of sp³-hybridized carbons (Fsp3) is 0.0769. The molecule has 0 unspecified atom stereocenters. The summed E-state index contributed by atoms with van der Waals surface area (Å²) in [6, 6.07) is 5.68. The van der Waals surface area contributed by atoms with E-state index in [-0.39, 0.29) is 23.2 Å². The summed E-state index contributed by atoms with van der Waals surface area (Å²) in [5.74, 6) is -4.81. The molecule has 0 spiro atoms. The summed E-state index contributed by atoms with van der Waals surface area (Å²) in [5.41, 5.74) is 5.48. The maximum atomic E-state index is 13.5. The zero-order chi connectivity index (χ0) is 13.3. The van der Waals surface area contributed by atoms with Crippen LogP contribution in [0.5, 0.6) is 0 Å². The van der Waals surface area contributed by atoms with Gasteiger partial charge in [-0.05, 0) is 23.8 Å². The molecule has 18 heavy (non-hydrogen) atoms. The van der Waals surface area contributed by atoms with E-state index < -0.39 is 23.3 Å². The first-order valence-corrected chi connectivity index (χ1v) is 5.17. The molecule has 1 nitrogen and oxygen atoms in total. The topological polar surface area (TPSA) is 26.0 Å². The summed E-state index contributed by atoms with van der Waals surface area (Å²) < 4.78 is 52.8. The molecule has 0 radical (unpaired) electrons. The highest BCUT2D eigenvalue weighted by Crippen LogP contribution is 2.27. The molecule has 0 aromatic heterocycles. The summed E-state index contributed by atoms with van der Waals surface area (Å²) in [7, 11) is 0. The molecule has 94 valence electrons. The van der Waals surface area contributed by atoms with Crippen LogP contribution in [-0.2, 0) is 6.54 Å². The number of halogens is 4. The third-order valence-corrected chi connectivity index (χ3v) is 2.62. The molecular formula is C13H9F4N. The Labute approximate surface area is 101 Å². The molecule has 2 aromatic rings. The second-order valence-electron chi connectivity index (χ2n) is 3.73. The van der Waals surface area contributed by atoms with Crippen LogP contribution in [0.3, 0.4) is 0 Å². The van der Waals surface area contributed by atoms with Crippen LogP contribution in [0.1, 0.15) is 5.56 Å². The Morgan fingerprint density at radius 2 is 1.56 bits per heavy atom. The lowest BCUT2D eigenvalue weighted by atomic mass is 10.0. The summed E-state index contributed by atoms with van der Waals surface area (Å²) in [5, 5.41) is 0. The van der Waals surface area contributed by atoms with Crippen molar-refractivity contribution in [3.63, 3.8) is 0 Å². The van der Waals surface area contributed by atoms with Gasteiger partial charge in [0, 0.05) is 17.7 Å². The third-order valence-electron chi connectivity index (χ3n) is 2.62. The fourth-order valence-corrected chi connectivity index (χ4v) is 1.63. The van der Waals surface area contributed by atoms with Gasteiger partial charge in [-0.2, -0.15) is 0 Å². The number of rotatable bonds is 2. The van der Waals surface area contributed by atoms with Crippen molar-refractivity contribution in [1.82, 2.24) is 0 Å². The summed E-state index contributed by atoms with van der Waals surface area (Å²) in [6.07, 6.45) is 0. The Hall–Kier alpha value is -1.88. The Morgan fingerprint density at radius 3 is 2.17 bits per heavy atom. The first-order chi connectivity index (χ1) is 8.54. The molecule has 2 N–H and O–H groups in total. The number of benzene rings is 2. The van der Waals surface area contributed by atoms with Crippen LogP contribution in [0.4, 0.5) is 17.6 Å². The van der Waals surface area contributed by atoms with Gasteiger partial charge in [0.25, 0.3) is 0 Å². The molecule has 0 aliphatic heterocycles. The van der Waals surface area contributed by atoms with E-state index in [9.17, 15) is 17.6 Å². The van der Waals surface area contributed by atoms with E-state index in [1.54, 1.807) is 0 Å². The first-order valence-electron chi connectivity index (χ1n) is 5.17. The number of nitrogens with two attached hydrogens (primary N) is 1. The van der Waals surface area contributed by atoms with E-state index in [1.807, 2.05) is 0 Å². The maximum absolute atomic E-state index is 13.5. The highest BCUT2D eigenvalue weighted by atomic mass is 19.2. The quantitative estimate of drug-likeness (QED) is 0.646. The Balaban J connectivity index is 2.56. The minimum absolute atomic E-state index is 0.00632. The van der Waals surface area contributed by atoms with Crippen molar-refractivity contribution in [3.8, 4) is 11.1 Å². The van der Waals surface area contributed by atoms with E-state index >= 15 is 0 Å². The van der Waals surface area contributed by atoms with Crippen molar-refractivity contribution in [2.24, 2.45) is 5.73 Å². The summed E-state index contributed by atoms with van der Waals surface area (Å²) >= 11 is 0. The summed E-state index contributed by atoms with van der Waals surface area (Å²) in [4.78, 5) is 0. The molecule has 0 heterocycles. The minimum Gasteiger partial charge on any atom is -0.326 e. The number of hydrogen-bond acceptors (Lipinski definition) is 1.